The number of carboxylic acid groups (broad SMARTS) is 1. The van der Waals surface area contributed by atoms with Crippen LogP contribution >= 0.6 is 0 Å². The number of rotatable bonds is 4. The number of ether oxygens (including phenoxy) is 2. The summed E-state index contributed by atoms with van der Waals surface area (Å²) in [5, 5.41) is 19.1. The quantitative estimate of drug-likeness (QED) is 0.757. The maximum absolute atomic E-state index is 13.2. The van der Waals surface area contributed by atoms with Crippen molar-refractivity contribution in [2.75, 3.05) is 19.8 Å². The Morgan fingerprint density at radius 3 is 2.59 bits per heavy atom. The fraction of sp³-hybridized carbons (Fsp3) is 0.588. The first-order valence-corrected chi connectivity index (χ1v) is 10.1. The molecule has 0 aliphatic carbocycles. The summed E-state index contributed by atoms with van der Waals surface area (Å²) in [5.74, 6) is -1.54. The highest BCUT2D eigenvalue weighted by Gasteiger charge is 2.43. The zero-order valence-electron chi connectivity index (χ0n) is 14.5. The third-order valence-corrected chi connectivity index (χ3v) is 6.66. The number of aliphatic hydroxyl groups excluding tert-OH is 1. The van der Waals surface area contributed by atoms with Crippen LogP contribution in [0.15, 0.2) is 29.2 Å². The van der Waals surface area contributed by atoms with Gasteiger partial charge in [-0.25, -0.2) is 12.8 Å². The molecule has 0 amide bonds. The smallest absolute Gasteiger partial charge is 0.305 e. The van der Waals surface area contributed by atoms with Crippen LogP contribution in [0.25, 0.3) is 0 Å². The van der Waals surface area contributed by atoms with E-state index in [1.807, 2.05) is 0 Å². The lowest BCUT2D eigenvalue weighted by Crippen LogP contribution is -2.57. The van der Waals surface area contributed by atoms with E-state index in [0.717, 1.165) is 12.1 Å². The number of hydrogen-bond acceptors (Lipinski definition) is 6. The molecule has 150 valence electrons. The predicted molar refractivity (Wildman–Crippen MR) is 91.1 cm³/mol. The molecule has 3 rings (SSSR count). The van der Waals surface area contributed by atoms with Crippen LogP contribution in [0.4, 0.5) is 4.39 Å². The molecular formula is C17H22FNO7S. The summed E-state index contributed by atoms with van der Waals surface area (Å²) in [5.41, 5.74) is 0. The van der Waals surface area contributed by atoms with Gasteiger partial charge >= 0.3 is 5.97 Å². The number of hydrogen-bond donors (Lipinski definition) is 2. The van der Waals surface area contributed by atoms with Gasteiger partial charge in [-0.05, 0) is 37.1 Å². The molecule has 0 spiro atoms. The summed E-state index contributed by atoms with van der Waals surface area (Å²) >= 11 is 0. The number of carbonyl (C=O) groups is 1. The van der Waals surface area contributed by atoms with Gasteiger partial charge in [-0.3, -0.25) is 4.79 Å². The molecule has 10 heteroatoms. The standard InChI is InChI=1S/C17H22FNO7S/c18-11-1-4-14(5-2-11)27(23,24)19-8-12(20)9-25-10-16-15(19)6-3-13(26-16)7-17(21)22/h1-2,4-5,12-13,15-16,20H,3,6-10H2,(H,21,22)/t12-,13+,15-,16+/m0/s1. The zero-order valence-corrected chi connectivity index (χ0v) is 15.3. The minimum atomic E-state index is -4.01. The van der Waals surface area contributed by atoms with Crippen molar-refractivity contribution >= 4 is 16.0 Å². The normalized spacial score (nSPS) is 30.1. The van der Waals surface area contributed by atoms with E-state index in [0.29, 0.717) is 12.8 Å². The molecular weight excluding hydrogens is 381 g/mol. The lowest BCUT2D eigenvalue weighted by molar-refractivity contribution is -0.155. The predicted octanol–water partition coefficient (Wildman–Crippen LogP) is 0.598. The number of fused-ring (bicyclic) bond motifs is 1. The first-order chi connectivity index (χ1) is 12.8. The van der Waals surface area contributed by atoms with Crippen LogP contribution in [0.1, 0.15) is 19.3 Å². The lowest BCUT2D eigenvalue weighted by atomic mass is 9.96. The van der Waals surface area contributed by atoms with Crippen molar-refractivity contribution in [3.8, 4) is 0 Å². The molecule has 2 fully saturated rings. The highest BCUT2D eigenvalue weighted by atomic mass is 32.2. The lowest BCUT2D eigenvalue weighted by Gasteiger charge is -2.43. The van der Waals surface area contributed by atoms with Gasteiger partial charge in [0, 0.05) is 6.54 Å². The molecule has 8 nitrogen and oxygen atoms in total. The number of aliphatic carboxylic acids is 1. The van der Waals surface area contributed by atoms with Crippen molar-refractivity contribution in [3.05, 3.63) is 30.1 Å². The van der Waals surface area contributed by atoms with E-state index in [-0.39, 0.29) is 31.1 Å². The molecule has 4 atom stereocenters. The molecule has 2 N–H and O–H groups in total. The second-order valence-electron chi connectivity index (χ2n) is 6.76. The van der Waals surface area contributed by atoms with Gasteiger partial charge in [0.2, 0.25) is 10.0 Å². The molecule has 1 aromatic rings. The van der Waals surface area contributed by atoms with Crippen molar-refractivity contribution in [2.24, 2.45) is 0 Å². The van der Waals surface area contributed by atoms with Crippen LogP contribution in [0.5, 0.6) is 0 Å². The largest absolute Gasteiger partial charge is 0.481 e. The number of aliphatic hydroxyl groups is 1. The average molecular weight is 403 g/mol. The summed E-state index contributed by atoms with van der Waals surface area (Å²) in [6.45, 7) is -0.202. The van der Waals surface area contributed by atoms with Gasteiger partial charge in [-0.15, -0.1) is 0 Å². The number of β-amino-alcohol motifs (C(OH)–C–C–N with tert-alkyl or cyclic N) is 1. The van der Waals surface area contributed by atoms with E-state index in [4.69, 9.17) is 14.6 Å². The van der Waals surface area contributed by atoms with Gasteiger partial charge in [-0.2, -0.15) is 4.31 Å². The van der Waals surface area contributed by atoms with Crippen molar-refractivity contribution in [3.63, 3.8) is 0 Å². The van der Waals surface area contributed by atoms with E-state index in [2.05, 4.69) is 0 Å². The number of halogens is 1. The second-order valence-corrected chi connectivity index (χ2v) is 8.65. The van der Waals surface area contributed by atoms with Crippen LogP contribution in [-0.4, -0.2) is 73.0 Å². The van der Waals surface area contributed by atoms with E-state index >= 15 is 0 Å². The third-order valence-electron chi connectivity index (χ3n) is 4.76. The van der Waals surface area contributed by atoms with Crippen LogP contribution < -0.4 is 0 Å². The van der Waals surface area contributed by atoms with Crippen LogP contribution in [0.2, 0.25) is 0 Å². The summed E-state index contributed by atoms with van der Waals surface area (Å²) in [6.07, 6.45) is -1.61. The maximum Gasteiger partial charge on any atom is 0.305 e. The van der Waals surface area contributed by atoms with Crippen molar-refractivity contribution < 1.29 is 37.3 Å². The Labute approximate surface area is 156 Å². The van der Waals surface area contributed by atoms with E-state index in [1.54, 1.807) is 0 Å². The Morgan fingerprint density at radius 2 is 1.93 bits per heavy atom. The molecule has 0 saturated carbocycles. The highest BCUT2D eigenvalue weighted by molar-refractivity contribution is 7.89. The minimum absolute atomic E-state index is 0.0489. The van der Waals surface area contributed by atoms with Gasteiger partial charge in [0.1, 0.15) is 5.82 Å². The van der Waals surface area contributed by atoms with Gasteiger partial charge in [0.05, 0.1) is 48.9 Å². The summed E-state index contributed by atoms with van der Waals surface area (Å²) in [7, 11) is -4.01. The Kier molecular flexibility index (Phi) is 6.11. The van der Waals surface area contributed by atoms with Crippen molar-refractivity contribution in [1.82, 2.24) is 4.31 Å². The fourth-order valence-corrected chi connectivity index (χ4v) is 5.22. The number of sulfonamides is 1. The minimum Gasteiger partial charge on any atom is -0.481 e. The Hall–Kier alpha value is -1.59. The molecule has 2 saturated heterocycles. The monoisotopic (exact) mass is 403 g/mol. The maximum atomic E-state index is 13.2. The molecule has 27 heavy (non-hydrogen) atoms. The first kappa shape index (κ1) is 20.2. The molecule has 0 aromatic heterocycles. The molecule has 0 unspecified atom stereocenters. The topological polar surface area (TPSA) is 113 Å². The Morgan fingerprint density at radius 1 is 1.22 bits per heavy atom. The van der Waals surface area contributed by atoms with Crippen LogP contribution in [-0.2, 0) is 24.3 Å². The second kappa shape index (κ2) is 8.19. The van der Waals surface area contributed by atoms with Gasteiger partial charge in [0.25, 0.3) is 0 Å². The number of carboxylic acids is 1. The van der Waals surface area contributed by atoms with Crippen LogP contribution in [0.3, 0.4) is 0 Å². The summed E-state index contributed by atoms with van der Waals surface area (Å²) in [4.78, 5) is 10.9. The van der Waals surface area contributed by atoms with E-state index < -0.39 is 46.2 Å². The SMILES string of the molecule is O=C(O)C[C@H]1CC[C@H]2[C@@H](COC[C@@H](O)CN2S(=O)(=O)c2ccc(F)cc2)O1. The number of nitrogens with zero attached hydrogens (tertiary/aromatic N) is 1. The van der Waals surface area contributed by atoms with Crippen molar-refractivity contribution in [2.45, 2.75) is 48.5 Å². The summed E-state index contributed by atoms with van der Waals surface area (Å²) < 4.78 is 51.8. The van der Waals surface area contributed by atoms with Gasteiger partial charge in [-0.1, -0.05) is 0 Å². The van der Waals surface area contributed by atoms with E-state index in [9.17, 15) is 22.7 Å². The fourth-order valence-electron chi connectivity index (χ4n) is 3.51. The first-order valence-electron chi connectivity index (χ1n) is 8.68. The molecule has 2 heterocycles. The Bertz CT molecular complexity index is 770. The molecule has 0 bridgehead atoms. The molecule has 2 aliphatic rings. The molecule has 1 aromatic carbocycles. The summed E-state index contributed by atoms with van der Waals surface area (Å²) in [6, 6.07) is 3.87. The van der Waals surface area contributed by atoms with Gasteiger partial charge in [0.15, 0.2) is 0 Å². The number of benzene rings is 1. The van der Waals surface area contributed by atoms with E-state index in [1.165, 1.54) is 16.4 Å². The molecule has 2 aliphatic heterocycles. The van der Waals surface area contributed by atoms with Gasteiger partial charge < -0.3 is 19.7 Å². The molecule has 0 radical (unpaired) electrons. The average Bonchev–Trinajstić information content (AvgIpc) is 2.58. The Balaban J connectivity index is 1.89. The zero-order chi connectivity index (χ0) is 19.6. The third kappa shape index (κ3) is 4.64. The van der Waals surface area contributed by atoms with Crippen molar-refractivity contribution in [1.29, 1.82) is 0 Å². The van der Waals surface area contributed by atoms with Crippen LogP contribution in [0, 0.1) is 5.82 Å². The highest BCUT2D eigenvalue weighted by Crippen LogP contribution is 2.31.